The summed E-state index contributed by atoms with van der Waals surface area (Å²) < 4.78 is 0. The maximum Gasteiger partial charge on any atom is 0.225 e. The van der Waals surface area contributed by atoms with Crippen LogP contribution in [0.2, 0.25) is 0 Å². The molecule has 0 bridgehead atoms. The molecule has 2 unspecified atom stereocenters. The highest BCUT2D eigenvalue weighted by Crippen LogP contribution is 2.33. The Morgan fingerprint density at radius 3 is 2.68 bits per heavy atom. The van der Waals surface area contributed by atoms with Crippen molar-refractivity contribution in [3.63, 3.8) is 0 Å². The molecule has 132 valence electrons. The number of likely N-dealkylation sites (tertiary alicyclic amines) is 1. The van der Waals surface area contributed by atoms with Gasteiger partial charge in [0.05, 0.1) is 0 Å². The molecule has 0 spiro atoms. The van der Waals surface area contributed by atoms with Crippen molar-refractivity contribution in [3.8, 4) is 0 Å². The van der Waals surface area contributed by atoms with Crippen LogP contribution in [0.1, 0.15) is 38.2 Å². The van der Waals surface area contributed by atoms with Crippen molar-refractivity contribution in [2.45, 2.75) is 45.2 Å². The third-order valence-electron chi connectivity index (χ3n) is 5.88. The van der Waals surface area contributed by atoms with Crippen molar-refractivity contribution in [2.75, 3.05) is 13.1 Å². The topological polar surface area (TPSA) is 32.3 Å². The van der Waals surface area contributed by atoms with Crippen LogP contribution in [0, 0.1) is 11.8 Å². The number of rotatable bonds is 5. The van der Waals surface area contributed by atoms with E-state index in [-0.39, 0.29) is 0 Å². The first-order chi connectivity index (χ1) is 12.2. The zero-order valence-electron chi connectivity index (χ0n) is 15.1. The van der Waals surface area contributed by atoms with Crippen LogP contribution < -0.4 is 5.32 Å². The van der Waals surface area contributed by atoms with Crippen LogP contribution in [0.4, 0.5) is 0 Å². The first-order valence-corrected chi connectivity index (χ1v) is 9.74. The molecule has 1 aliphatic heterocycles. The van der Waals surface area contributed by atoms with Gasteiger partial charge < -0.3 is 10.2 Å². The molecular formula is C22H28N2O. The van der Waals surface area contributed by atoms with Crippen molar-refractivity contribution in [1.82, 2.24) is 10.2 Å². The second kappa shape index (κ2) is 7.17. The zero-order valence-corrected chi connectivity index (χ0v) is 15.1. The summed E-state index contributed by atoms with van der Waals surface area (Å²) in [5.41, 5.74) is 1.34. The van der Waals surface area contributed by atoms with Gasteiger partial charge in [0.2, 0.25) is 5.91 Å². The van der Waals surface area contributed by atoms with E-state index in [1.807, 2.05) is 0 Å². The molecule has 1 saturated heterocycles. The van der Waals surface area contributed by atoms with Crippen LogP contribution in [0.25, 0.3) is 10.8 Å². The third-order valence-corrected chi connectivity index (χ3v) is 5.88. The number of benzene rings is 2. The summed E-state index contributed by atoms with van der Waals surface area (Å²) in [7, 11) is 0. The van der Waals surface area contributed by atoms with Crippen LogP contribution in [0.5, 0.6) is 0 Å². The number of carbonyl (C=O) groups excluding carboxylic acids is 1. The van der Waals surface area contributed by atoms with Gasteiger partial charge in [-0.15, -0.1) is 0 Å². The smallest absolute Gasteiger partial charge is 0.225 e. The lowest BCUT2D eigenvalue weighted by atomic mass is 9.89. The third kappa shape index (κ3) is 3.72. The zero-order chi connectivity index (χ0) is 17.2. The van der Waals surface area contributed by atoms with Crippen LogP contribution >= 0.6 is 0 Å². The number of fused-ring (bicyclic) bond motifs is 1. The maximum absolute atomic E-state index is 12.3. The minimum atomic E-state index is 0.347. The fourth-order valence-corrected chi connectivity index (χ4v) is 4.10. The van der Waals surface area contributed by atoms with Crippen molar-refractivity contribution >= 4 is 16.7 Å². The summed E-state index contributed by atoms with van der Waals surface area (Å²) in [6.07, 6.45) is 4.42. The minimum absolute atomic E-state index is 0.347. The highest BCUT2D eigenvalue weighted by molar-refractivity contribution is 5.83. The van der Waals surface area contributed by atoms with E-state index in [4.69, 9.17) is 0 Å². The molecule has 0 radical (unpaired) electrons. The van der Waals surface area contributed by atoms with Gasteiger partial charge in [0, 0.05) is 31.6 Å². The highest BCUT2D eigenvalue weighted by Gasteiger charge is 2.37. The fourth-order valence-electron chi connectivity index (χ4n) is 4.10. The van der Waals surface area contributed by atoms with Crippen LogP contribution in [-0.4, -0.2) is 29.9 Å². The first-order valence-electron chi connectivity index (χ1n) is 9.74. The van der Waals surface area contributed by atoms with E-state index in [2.05, 4.69) is 59.6 Å². The summed E-state index contributed by atoms with van der Waals surface area (Å²) in [6, 6.07) is 15.8. The normalized spacial score (nSPS) is 23.8. The number of amides is 1. The van der Waals surface area contributed by atoms with Crippen LogP contribution in [-0.2, 0) is 11.3 Å². The molecule has 2 atom stereocenters. The van der Waals surface area contributed by atoms with Crippen molar-refractivity contribution in [1.29, 1.82) is 0 Å². The Kier molecular flexibility index (Phi) is 4.76. The number of piperidine rings is 1. The lowest BCUT2D eigenvalue weighted by Crippen LogP contribution is -2.51. The lowest BCUT2D eigenvalue weighted by Gasteiger charge is -2.39. The Hall–Kier alpha value is -1.87. The second-order valence-electron chi connectivity index (χ2n) is 7.68. The molecule has 1 amide bonds. The van der Waals surface area contributed by atoms with E-state index in [0.29, 0.717) is 23.8 Å². The molecule has 1 heterocycles. The molecule has 1 N–H and O–H groups in total. The molecule has 1 aliphatic carbocycles. The van der Waals surface area contributed by atoms with Crippen molar-refractivity contribution in [2.24, 2.45) is 11.8 Å². The van der Waals surface area contributed by atoms with Crippen LogP contribution in [0.3, 0.4) is 0 Å². The molecular weight excluding hydrogens is 308 g/mol. The minimum Gasteiger partial charge on any atom is -0.342 e. The van der Waals surface area contributed by atoms with Gasteiger partial charge in [0.1, 0.15) is 0 Å². The van der Waals surface area contributed by atoms with Crippen LogP contribution in [0.15, 0.2) is 42.5 Å². The number of hydrogen-bond donors (Lipinski definition) is 1. The van der Waals surface area contributed by atoms with Crippen molar-refractivity contribution in [3.05, 3.63) is 48.0 Å². The predicted molar refractivity (Wildman–Crippen MR) is 102 cm³/mol. The van der Waals surface area contributed by atoms with Gasteiger partial charge in [-0.3, -0.25) is 4.79 Å². The molecule has 0 aromatic heterocycles. The fraction of sp³-hybridized carbons (Fsp3) is 0.500. The number of carbonyl (C=O) groups is 1. The molecule has 3 nitrogen and oxygen atoms in total. The van der Waals surface area contributed by atoms with E-state index in [1.54, 1.807) is 0 Å². The van der Waals surface area contributed by atoms with Gasteiger partial charge in [-0.2, -0.15) is 0 Å². The molecule has 3 heteroatoms. The van der Waals surface area contributed by atoms with Gasteiger partial charge in [-0.05, 0) is 47.6 Å². The Morgan fingerprint density at radius 2 is 1.92 bits per heavy atom. The Labute approximate surface area is 150 Å². The molecule has 25 heavy (non-hydrogen) atoms. The Bertz CT molecular complexity index is 753. The van der Waals surface area contributed by atoms with E-state index >= 15 is 0 Å². The maximum atomic E-state index is 12.3. The second-order valence-corrected chi connectivity index (χ2v) is 7.68. The van der Waals surface area contributed by atoms with E-state index in [9.17, 15) is 4.79 Å². The molecule has 2 aromatic rings. The highest BCUT2D eigenvalue weighted by atomic mass is 16.2. The van der Waals surface area contributed by atoms with Gasteiger partial charge in [0.25, 0.3) is 0 Å². The Balaban J connectivity index is 1.37. The van der Waals surface area contributed by atoms with E-state index in [0.717, 1.165) is 45.3 Å². The first kappa shape index (κ1) is 16.6. The molecule has 2 aromatic carbocycles. The van der Waals surface area contributed by atoms with Gasteiger partial charge in [0.15, 0.2) is 0 Å². The quantitative estimate of drug-likeness (QED) is 0.896. The summed E-state index contributed by atoms with van der Waals surface area (Å²) in [5, 5.41) is 6.37. The van der Waals surface area contributed by atoms with Crippen molar-refractivity contribution < 1.29 is 4.79 Å². The average molecular weight is 336 g/mol. The molecule has 2 fully saturated rings. The SMILES string of the molecule is CCC1CN(C(=O)C2CC2)CCC1NCc1ccc2ccccc2c1. The number of hydrogen-bond acceptors (Lipinski definition) is 2. The summed E-state index contributed by atoms with van der Waals surface area (Å²) in [5.74, 6) is 1.32. The summed E-state index contributed by atoms with van der Waals surface area (Å²) in [4.78, 5) is 14.5. The van der Waals surface area contributed by atoms with Gasteiger partial charge >= 0.3 is 0 Å². The molecule has 2 aliphatic rings. The Morgan fingerprint density at radius 1 is 1.12 bits per heavy atom. The molecule has 1 saturated carbocycles. The number of nitrogens with one attached hydrogen (secondary N) is 1. The number of nitrogens with zero attached hydrogens (tertiary/aromatic N) is 1. The standard InChI is InChI=1S/C22H28N2O/c1-2-17-15-24(22(25)19-9-10-19)12-11-21(17)23-14-16-7-8-18-5-3-4-6-20(18)13-16/h3-8,13,17,19,21,23H,2,9-12,14-15H2,1H3. The summed E-state index contributed by atoms with van der Waals surface area (Å²) >= 11 is 0. The average Bonchev–Trinajstić information content (AvgIpc) is 3.50. The lowest BCUT2D eigenvalue weighted by molar-refractivity contribution is -0.134. The van der Waals surface area contributed by atoms with Gasteiger partial charge in [-0.1, -0.05) is 49.7 Å². The largest absolute Gasteiger partial charge is 0.342 e. The molecule has 4 rings (SSSR count). The monoisotopic (exact) mass is 336 g/mol. The van der Waals surface area contributed by atoms with Gasteiger partial charge in [-0.25, -0.2) is 0 Å². The van der Waals surface area contributed by atoms with E-state index < -0.39 is 0 Å². The van der Waals surface area contributed by atoms with E-state index in [1.165, 1.54) is 16.3 Å². The summed E-state index contributed by atoms with van der Waals surface area (Å²) in [6.45, 7) is 5.01. The predicted octanol–water partition coefficient (Wildman–Crippen LogP) is 3.97.